The Morgan fingerprint density at radius 2 is 2.50 bits per heavy atom. The Labute approximate surface area is 72.6 Å². The number of amides is 1. The van der Waals surface area contributed by atoms with E-state index in [4.69, 9.17) is 5.11 Å². The molecule has 12 heavy (non-hydrogen) atoms. The van der Waals surface area contributed by atoms with Gasteiger partial charge in [0, 0.05) is 19.6 Å². The molecule has 1 saturated heterocycles. The van der Waals surface area contributed by atoms with Gasteiger partial charge >= 0.3 is 0 Å². The molecule has 0 bridgehead atoms. The normalized spacial score (nSPS) is 26.4. The van der Waals surface area contributed by atoms with Crippen LogP contribution in [0.25, 0.3) is 0 Å². The Hall–Kier alpha value is -0.610. The number of carbonyl (C=O) groups is 1. The number of likely N-dealkylation sites (N-methyl/N-ethyl adjacent to an activating group) is 1. The average Bonchev–Trinajstić information content (AvgIpc) is 2.36. The third-order valence-electron chi connectivity index (χ3n) is 2.19. The van der Waals surface area contributed by atoms with Gasteiger partial charge in [0.05, 0.1) is 12.6 Å². The van der Waals surface area contributed by atoms with E-state index in [-0.39, 0.29) is 24.6 Å². The molecule has 4 heteroatoms. The van der Waals surface area contributed by atoms with Crippen LogP contribution in [0.15, 0.2) is 0 Å². The zero-order chi connectivity index (χ0) is 9.14. The predicted octanol–water partition coefficient (Wildman–Crippen LogP) is -0.812. The molecule has 1 amide bonds. The van der Waals surface area contributed by atoms with Gasteiger partial charge in [0.15, 0.2) is 0 Å². The van der Waals surface area contributed by atoms with E-state index in [0.717, 1.165) is 13.0 Å². The summed E-state index contributed by atoms with van der Waals surface area (Å²) < 4.78 is 0. The molecule has 0 aromatic carbocycles. The highest BCUT2D eigenvalue weighted by Gasteiger charge is 2.29. The fourth-order valence-electron chi connectivity index (χ4n) is 1.37. The van der Waals surface area contributed by atoms with Gasteiger partial charge in [0.25, 0.3) is 0 Å². The molecule has 2 N–H and O–H groups in total. The first-order valence-corrected chi connectivity index (χ1v) is 4.27. The second kappa shape index (κ2) is 3.87. The van der Waals surface area contributed by atoms with Gasteiger partial charge in [0.2, 0.25) is 5.91 Å². The van der Waals surface area contributed by atoms with Gasteiger partial charge in [0.1, 0.15) is 0 Å². The number of rotatable bonds is 3. The van der Waals surface area contributed by atoms with E-state index >= 15 is 0 Å². The minimum atomic E-state index is -0.0860. The van der Waals surface area contributed by atoms with Crippen LogP contribution < -0.4 is 5.32 Å². The first-order valence-electron chi connectivity index (χ1n) is 4.27. The summed E-state index contributed by atoms with van der Waals surface area (Å²) in [5.41, 5.74) is 0. The number of hydrogen-bond donors (Lipinski definition) is 2. The van der Waals surface area contributed by atoms with Crippen molar-refractivity contribution >= 4 is 5.91 Å². The van der Waals surface area contributed by atoms with Crippen molar-refractivity contribution in [1.29, 1.82) is 0 Å². The van der Waals surface area contributed by atoms with Crippen molar-refractivity contribution in [3.05, 3.63) is 0 Å². The predicted molar refractivity (Wildman–Crippen MR) is 45.7 cm³/mol. The van der Waals surface area contributed by atoms with Crippen molar-refractivity contribution < 1.29 is 9.90 Å². The second-order valence-electron chi connectivity index (χ2n) is 3.35. The monoisotopic (exact) mass is 172 g/mol. The van der Waals surface area contributed by atoms with E-state index in [1.165, 1.54) is 0 Å². The lowest BCUT2D eigenvalue weighted by atomic mass is 10.2. The van der Waals surface area contributed by atoms with E-state index in [1.807, 2.05) is 6.92 Å². The molecule has 0 spiro atoms. The lowest BCUT2D eigenvalue weighted by Crippen LogP contribution is -2.43. The van der Waals surface area contributed by atoms with Crippen molar-refractivity contribution in [2.24, 2.45) is 0 Å². The maximum Gasteiger partial charge on any atom is 0.239 e. The number of aliphatic hydroxyl groups excluding tert-OH is 1. The summed E-state index contributed by atoms with van der Waals surface area (Å²) in [6, 6.07) is -0.0809. The largest absolute Gasteiger partial charge is 0.395 e. The van der Waals surface area contributed by atoms with E-state index in [2.05, 4.69) is 5.32 Å². The van der Waals surface area contributed by atoms with Crippen molar-refractivity contribution in [3.63, 3.8) is 0 Å². The lowest BCUT2D eigenvalue weighted by Gasteiger charge is -2.16. The van der Waals surface area contributed by atoms with E-state index in [9.17, 15) is 4.79 Å². The Bertz CT molecular complexity index is 172. The van der Waals surface area contributed by atoms with Crippen LogP contribution in [0.3, 0.4) is 0 Å². The minimum Gasteiger partial charge on any atom is -0.395 e. The van der Waals surface area contributed by atoms with Crippen molar-refractivity contribution in [1.82, 2.24) is 10.2 Å². The van der Waals surface area contributed by atoms with Crippen LogP contribution in [0, 0.1) is 0 Å². The number of nitrogens with one attached hydrogen (secondary N) is 1. The van der Waals surface area contributed by atoms with Crippen LogP contribution in [0.5, 0.6) is 0 Å². The van der Waals surface area contributed by atoms with Crippen LogP contribution in [0.4, 0.5) is 0 Å². The molecule has 0 aliphatic carbocycles. The van der Waals surface area contributed by atoms with Gasteiger partial charge in [-0.1, -0.05) is 0 Å². The van der Waals surface area contributed by atoms with Gasteiger partial charge in [-0.05, 0) is 13.3 Å². The molecule has 4 nitrogen and oxygen atoms in total. The number of nitrogens with zero attached hydrogens (tertiary/aromatic N) is 1. The highest BCUT2D eigenvalue weighted by atomic mass is 16.3. The minimum absolute atomic E-state index is 0.00505. The molecular formula is C8H16N2O2. The Morgan fingerprint density at radius 1 is 1.83 bits per heavy atom. The van der Waals surface area contributed by atoms with E-state index in [1.54, 1.807) is 11.9 Å². The molecular weight excluding hydrogens is 156 g/mol. The molecule has 0 radical (unpaired) electrons. The number of aliphatic hydroxyl groups is 1. The summed E-state index contributed by atoms with van der Waals surface area (Å²) in [6.07, 6.45) is 0.847. The second-order valence-corrected chi connectivity index (χ2v) is 3.35. The molecule has 0 saturated carbocycles. The summed E-state index contributed by atoms with van der Waals surface area (Å²) in [7, 11) is 1.80. The van der Waals surface area contributed by atoms with Gasteiger partial charge < -0.3 is 15.3 Å². The van der Waals surface area contributed by atoms with Crippen LogP contribution in [0.1, 0.15) is 13.3 Å². The number of carbonyl (C=O) groups excluding carboxylic acids is 1. The standard InChI is InChI=1S/C8H16N2O2/c1-6(5-11)9-7-3-4-10(2)8(7)12/h6-7,9,11H,3-5H2,1-2H3. The number of hydrogen-bond acceptors (Lipinski definition) is 3. The lowest BCUT2D eigenvalue weighted by molar-refractivity contribution is -0.128. The Kier molecular flexibility index (Phi) is 3.05. The van der Waals surface area contributed by atoms with Crippen molar-refractivity contribution in [2.45, 2.75) is 25.4 Å². The zero-order valence-corrected chi connectivity index (χ0v) is 7.58. The summed E-state index contributed by atoms with van der Waals surface area (Å²) >= 11 is 0. The molecule has 1 rings (SSSR count). The molecule has 1 heterocycles. The summed E-state index contributed by atoms with van der Waals surface area (Å²) in [4.78, 5) is 13.0. The molecule has 1 fully saturated rings. The third-order valence-corrected chi connectivity index (χ3v) is 2.19. The van der Waals surface area contributed by atoms with E-state index < -0.39 is 0 Å². The first kappa shape index (κ1) is 9.48. The van der Waals surface area contributed by atoms with Crippen molar-refractivity contribution in [3.8, 4) is 0 Å². The topological polar surface area (TPSA) is 52.6 Å². The summed E-state index contributed by atoms with van der Waals surface area (Å²) in [5, 5.41) is 11.8. The molecule has 0 aromatic heterocycles. The molecule has 2 unspecified atom stereocenters. The Morgan fingerprint density at radius 3 is 2.92 bits per heavy atom. The highest BCUT2D eigenvalue weighted by molar-refractivity contribution is 5.83. The smallest absolute Gasteiger partial charge is 0.239 e. The fraction of sp³-hybridized carbons (Fsp3) is 0.875. The molecule has 1 aliphatic heterocycles. The maximum absolute atomic E-state index is 11.3. The SMILES string of the molecule is CC(CO)NC1CCN(C)C1=O. The van der Waals surface area contributed by atoms with Gasteiger partial charge in [-0.15, -0.1) is 0 Å². The number of likely N-dealkylation sites (tertiary alicyclic amines) is 1. The molecule has 70 valence electrons. The summed E-state index contributed by atoms with van der Waals surface area (Å²) in [6.45, 7) is 2.76. The average molecular weight is 172 g/mol. The maximum atomic E-state index is 11.3. The molecule has 2 atom stereocenters. The van der Waals surface area contributed by atoms with Crippen molar-refractivity contribution in [2.75, 3.05) is 20.2 Å². The molecule has 1 aliphatic rings. The van der Waals surface area contributed by atoms with Crippen LogP contribution in [-0.2, 0) is 4.79 Å². The van der Waals surface area contributed by atoms with E-state index in [0.29, 0.717) is 0 Å². The molecule has 0 aromatic rings. The van der Waals surface area contributed by atoms with Gasteiger partial charge in [-0.25, -0.2) is 0 Å². The Balaban J connectivity index is 2.39. The van der Waals surface area contributed by atoms with Gasteiger partial charge in [-0.2, -0.15) is 0 Å². The van der Waals surface area contributed by atoms with Crippen LogP contribution in [0.2, 0.25) is 0 Å². The third kappa shape index (κ3) is 1.95. The van der Waals surface area contributed by atoms with Crippen LogP contribution >= 0.6 is 0 Å². The quantitative estimate of drug-likeness (QED) is 0.585. The zero-order valence-electron chi connectivity index (χ0n) is 7.58. The fourth-order valence-corrected chi connectivity index (χ4v) is 1.37. The van der Waals surface area contributed by atoms with Crippen LogP contribution in [-0.4, -0.2) is 48.2 Å². The van der Waals surface area contributed by atoms with Gasteiger partial charge in [-0.3, -0.25) is 4.79 Å². The first-order chi connectivity index (χ1) is 5.65. The highest BCUT2D eigenvalue weighted by Crippen LogP contribution is 2.08. The summed E-state index contributed by atoms with van der Waals surface area (Å²) in [5.74, 6) is 0.135.